The third-order valence-electron chi connectivity index (χ3n) is 3.11. The van der Waals surface area contributed by atoms with Crippen LogP contribution < -0.4 is 10.6 Å². The van der Waals surface area contributed by atoms with E-state index in [1.54, 1.807) is 0 Å². The number of aryl methyl sites for hydroxylation is 2. The van der Waals surface area contributed by atoms with E-state index < -0.39 is 0 Å². The molecular weight excluding hydrogens is 290 g/mol. The molecule has 0 aliphatic carbocycles. The number of benzene rings is 1. The van der Waals surface area contributed by atoms with Gasteiger partial charge in [-0.1, -0.05) is 17.7 Å². The minimum absolute atomic E-state index is 0.264. The number of rotatable bonds is 8. The number of ether oxygens (including phenoxy) is 1. The Morgan fingerprint density at radius 2 is 1.70 bits per heavy atom. The van der Waals surface area contributed by atoms with E-state index in [2.05, 4.69) is 32.5 Å². The Hall–Kier alpha value is -2.21. The summed E-state index contributed by atoms with van der Waals surface area (Å²) in [6.07, 6.45) is 1.17. The Balaban J connectivity index is 1.91. The highest BCUT2D eigenvalue weighted by atomic mass is 16.5. The predicted octanol–water partition coefficient (Wildman–Crippen LogP) is 3.46. The van der Waals surface area contributed by atoms with E-state index >= 15 is 0 Å². The van der Waals surface area contributed by atoms with Gasteiger partial charge in [-0.05, 0) is 46.2 Å². The number of anilines is 3. The van der Waals surface area contributed by atoms with Gasteiger partial charge in [0.1, 0.15) is 5.82 Å². The fraction of sp³-hybridized carbons (Fsp3) is 0.471. The van der Waals surface area contributed by atoms with Crippen LogP contribution in [-0.2, 0) is 4.74 Å². The SMILES string of the molecule is Cc1ccc(Nc2nc(C)nc(NCCCOC(C)C)n2)cc1. The smallest absolute Gasteiger partial charge is 0.232 e. The molecule has 1 heterocycles. The van der Waals surface area contributed by atoms with E-state index in [0.29, 0.717) is 17.7 Å². The van der Waals surface area contributed by atoms with Crippen molar-refractivity contribution < 1.29 is 4.74 Å². The van der Waals surface area contributed by atoms with Gasteiger partial charge < -0.3 is 15.4 Å². The van der Waals surface area contributed by atoms with Gasteiger partial charge in [0.05, 0.1) is 6.10 Å². The highest BCUT2D eigenvalue weighted by Gasteiger charge is 2.04. The van der Waals surface area contributed by atoms with Crippen molar-refractivity contribution in [3.63, 3.8) is 0 Å². The summed E-state index contributed by atoms with van der Waals surface area (Å²) < 4.78 is 5.51. The highest BCUT2D eigenvalue weighted by molar-refractivity contribution is 5.54. The first kappa shape index (κ1) is 17.1. The second-order valence-corrected chi connectivity index (χ2v) is 5.72. The van der Waals surface area contributed by atoms with Gasteiger partial charge in [-0.2, -0.15) is 15.0 Å². The van der Waals surface area contributed by atoms with Crippen molar-refractivity contribution >= 4 is 17.6 Å². The van der Waals surface area contributed by atoms with Crippen LogP contribution in [0.15, 0.2) is 24.3 Å². The number of nitrogens with zero attached hydrogens (tertiary/aromatic N) is 3. The molecule has 2 rings (SSSR count). The zero-order valence-corrected chi connectivity index (χ0v) is 14.3. The average molecular weight is 315 g/mol. The molecule has 0 atom stereocenters. The zero-order chi connectivity index (χ0) is 16.7. The van der Waals surface area contributed by atoms with Crippen LogP contribution in [-0.4, -0.2) is 34.2 Å². The van der Waals surface area contributed by atoms with Gasteiger partial charge in [-0.3, -0.25) is 0 Å². The molecule has 2 N–H and O–H groups in total. The third-order valence-corrected chi connectivity index (χ3v) is 3.11. The first-order valence-corrected chi connectivity index (χ1v) is 7.95. The van der Waals surface area contributed by atoms with Crippen molar-refractivity contribution in [3.05, 3.63) is 35.7 Å². The first-order chi connectivity index (χ1) is 11.0. The minimum Gasteiger partial charge on any atom is -0.379 e. The van der Waals surface area contributed by atoms with Gasteiger partial charge in [-0.25, -0.2) is 0 Å². The monoisotopic (exact) mass is 315 g/mol. The summed E-state index contributed by atoms with van der Waals surface area (Å²) in [5.74, 6) is 1.80. The summed E-state index contributed by atoms with van der Waals surface area (Å²) in [5, 5.41) is 6.41. The van der Waals surface area contributed by atoms with Crippen molar-refractivity contribution in [1.29, 1.82) is 0 Å². The molecule has 0 amide bonds. The second-order valence-electron chi connectivity index (χ2n) is 5.72. The fourth-order valence-corrected chi connectivity index (χ4v) is 1.97. The minimum atomic E-state index is 0.264. The number of hydrogen-bond acceptors (Lipinski definition) is 6. The van der Waals surface area contributed by atoms with E-state index in [4.69, 9.17) is 4.74 Å². The molecule has 0 spiro atoms. The number of hydrogen-bond donors (Lipinski definition) is 2. The predicted molar refractivity (Wildman–Crippen MR) is 93.2 cm³/mol. The second kappa shape index (κ2) is 8.43. The van der Waals surface area contributed by atoms with Gasteiger partial charge in [-0.15, -0.1) is 0 Å². The lowest BCUT2D eigenvalue weighted by atomic mass is 10.2. The Morgan fingerprint density at radius 1 is 1.00 bits per heavy atom. The zero-order valence-electron chi connectivity index (χ0n) is 14.3. The third kappa shape index (κ3) is 6.20. The molecule has 2 aromatic rings. The Bertz CT molecular complexity index is 613. The van der Waals surface area contributed by atoms with E-state index in [1.165, 1.54) is 5.56 Å². The van der Waals surface area contributed by atoms with Crippen LogP contribution in [0, 0.1) is 13.8 Å². The topological polar surface area (TPSA) is 72.0 Å². The molecule has 0 aliphatic heterocycles. The van der Waals surface area contributed by atoms with Crippen LogP contribution in [0.25, 0.3) is 0 Å². The molecule has 6 nitrogen and oxygen atoms in total. The molecule has 0 saturated carbocycles. The van der Waals surface area contributed by atoms with Crippen molar-refractivity contribution in [1.82, 2.24) is 15.0 Å². The van der Waals surface area contributed by atoms with E-state index in [-0.39, 0.29) is 6.10 Å². The van der Waals surface area contributed by atoms with Crippen molar-refractivity contribution in [2.75, 3.05) is 23.8 Å². The largest absolute Gasteiger partial charge is 0.379 e. The van der Waals surface area contributed by atoms with Crippen molar-refractivity contribution in [2.45, 2.75) is 40.2 Å². The highest BCUT2D eigenvalue weighted by Crippen LogP contribution is 2.14. The lowest BCUT2D eigenvalue weighted by Crippen LogP contribution is -2.12. The van der Waals surface area contributed by atoms with Gasteiger partial charge in [0, 0.05) is 18.8 Å². The lowest BCUT2D eigenvalue weighted by Gasteiger charge is -2.10. The summed E-state index contributed by atoms with van der Waals surface area (Å²) in [6, 6.07) is 8.10. The molecule has 6 heteroatoms. The summed E-state index contributed by atoms with van der Waals surface area (Å²) >= 11 is 0. The van der Waals surface area contributed by atoms with Crippen LogP contribution in [0.3, 0.4) is 0 Å². The van der Waals surface area contributed by atoms with Crippen LogP contribution in [0.4, 0.5) is 17.6 Å². The molecule has 0 radical (unpaired) electrons. The summed E-state index contributed by atoms with van der Waals surface area (Å²) in [7, 11) is 0. The molecule has 0 saturated heterocycles. The average Bonchev–Trinajstić information content (AvgIpc) is 2.48. The van der Waals surface area contributed by atoms with E-state index in [9.17, 15) is 0 Å². The molecule has 0 bridgehead atoms. The Labute approximate surface area is 137 Å². The van der Waals surface area contributed by atoms with Gasteiger partial charge in [0.25, 0.3) is 0 Å². The fourth-order valence-electron chi connectivity index (χ4n) is 1.97. The van der Waals surface area contributed by atoms with Gasteiger partial charge in [0.15, 0.2) is 0 Å². The molecule has 23 heavy (non-hydrogen) atoms. The van der Waals surface area contributed by atoms with Crippen molar-refractivity contribution in [3.8, 4) is 0 Å². The van der Waals surface area contributed by atoms with E-state index in [0.717, 1.165) is 25.3 Å². The van der Waals surface area contributed by atoms with Crippen LogP contribution in [0.1, 0.15) is 31.7 Å². The molecule has 0 aliphatic rings. The molecular formula is C17H25N5O. The maximum absolute atomic E-state index is 5.51. The number of nitrogens with one attached hydrogen (secondary N) is 2. The normalized spacial score (nSPS) is 10.8. The molecule has 1 aromatic heterocycles. The van der Waals surface area contributed by atoms with Crippen molar-refractivity contribution in [2.24, 2.45) is 0 Å². The molecule has 124 valence electrons. The number of aromatic nitrogens is 3. The quantitative estimate of drug-likeness (QED) is 0.727. The molecule has 0 unspecified atom stereocenters. The summed E-state index contributed by atoms with van der Waals surface area (Å²) in [5.41, 5.74) is 2.17. The van der Waals surface area contributed by atoms with Crippen LogP contribution >= 0.6 is 0 Å². The summed E-state index contributed by atoms with van der Waals surface area (Å²) in [4.78, 5) is 13.0. The van der Waals surface area contributed by atoms with E-state index in [1.807, 2.05) is 45.0 Å². The van der Waals surface area contributed by atoms with Gasteiger partial charge >= 0.3 is 0 Å². The maximum atomic E-state index is 5.51. The summed E-state index contributed by atoms with van der Waals surface area (Å²) in [6.45, 7) is 9.47. The Morgan fingerprint density at radius 3 is 2.39 bits per heavy atom. The molecule has 1 aromatic carbocycles. The maximum Gasteiger partial charge on any atom is 0.232 e. The standard InChI is InChI=1S/C17H25N5O/c1-12(2)23-11-5-10-18-16-19-14(4)20-17(22-16)21-15-8-6-13(3)7-9-15/h6-9,12H,5,10-11H2,1-4H3,(H2,18,19,20,21,22). The lowest BCUT2D eigenvalue weighted by molar-refractivity contribution is 0.0787. The van der Waals surface area contributed by atoms with Crippen LogP contribution in [0.5, 0.6) is 0 Å². The first-order valence-electron chi connectivity index (χ1n) is 7.95. The van der Waals surface area contributed by atoms with Crippen LogP contribution in [0.2, 0.25) is 0 Å². The molecule has 0 fully saturated rings. The Kier molecular flexibility index (Phi) is 6.29. The van der Waals surface area contributed by atoms with Gasteiger partial charge in [0.2, 0.25) is 11.9 Å².